The van der Waals surface area contributed by atoms with Gasteiger partial charge in [-0.3, -0.25) is 0 Å². The van der Waals surface area contributed by atoms with E-state index in [9.17, 15) is 0 Å². The molecule has 0 amide bonds. The van der Waals surface area contributed by atoms with E-state index in [-0.39, 0.29) is 39.5 Å². The second-order valence-corrected chi connectivity index (χ2v) is 5.30. The Morgan fingerprint density at radius 1 is 1.11 bits per heavy atom. The van der Waals surface area contributed by atoms with Crippen molar-refractivity contribution < 1.29 is 32.0 Å². The number of nitrogens with one attached hydrogen (secondary N) is 1. The molecule has 0 unspecified atom stereocenters. The molecule has 0 aliphatic rings. The van der Waals surface area contributed by atoms with Gasteiger partial charge in [-0.15, -0.1) is 0 Å². The molecule has 8 nitrogen and oxygen atoms in total. The molecule has 3 aromatic rings. The monoisotopic (exact) mass is 382 g/mol. The second kappa shape index (κ2) is 7.45. The molecule has 1 aromatic heterocycles. The van der Waals surface area contributed by atoms with Gasteiger partial charge in [-0.25, -0.2) is 4.98 Å². The number of benzene rings is 2. The van der Waals surface area contributed by atoms with Crippen molar-refractivity contribution >= 4 is 28.4 Å². The summed E-state index contributed by atoms with van der Waals surface area (Å²) in [6.45, 7) is -1.32. The van der Waals surface area contributed by atoms with Gasteiger partial charge < -0.3 is 31.0 Å². The Kier molecular flexibility index (Phi) is 2.23. The molecular weight excluding hydrogens is 346 g/mol. The van der Waals surface area contributed by atoms with E-state index in [0.717, 1.165) is 12.1 Å². The molecule has 5 N–H and O–H groups in total. The molecule has 3 rings (SSSR count). The van der Waals surface area contributed by atoms with Gasteiger partial charge in [0.1, 0.15) is 5.82 Å². The third kappa shape index (κ3) is 3.46. The third-order valence-electron chi connectivity index (χ3n) is 3.68. The zero-order chi connectivity index (χ0) is 30.6. The third-order valence-corrected chi connectivity index (χ3v) is 3.68. The summed E-state index contributed by atoms with van der Waals surface area (Å²) in [4.78, 5) is 7.76. The minimum atomic E-state index is -3.19. The fourth-order valence-electron chi connectivity index (χ4n) is 2.46. The highest BCUT2D eigenvalue weighted by molar-refractivity contribution is 5.92. The predicted octanol–water partition coefficient (Wildman–Crippen LogP) is 2.74. The van der Waals surface area contributed by atoms with Crippen LogP contribution in [0.25, 0.3) is 10.9 Å². The van der Waals surface area contributed by atoms with Gasteiger partial charge in [0.2, 0.25) is 11.7 Å². The van der Waals surface area contributed by atoms with E-state index in [4.69, 9.17) is 43.5 Å². The van der Waals surface area contributed by atoms with Crippen molar-refractivity contribution in [2.45, 2.75) is 13.4 Å². The standard InChI is InChI=1S/C19H23N5O3/c1-10-11(5-6-13-16(10)18(20)24-19(21)23-13)9-22-12-7-14(25-2)17(27-4)15(8-12)26-3/h5-8,22H,9H2,1-4H3,(H4,20,21,23,24)/i2D3,3D3,4D3,5D,6D,9D2. The van der Waals surface area contributed by atoms with Crippen LogP contribution in [0.3, 0.4) is 0 Å². The molecule has 0 saturated carbocycles. The van der Waals surface area contributed by atoms with Crippen LogP contribution in [-0.2, 0) is 6.50 Å². The average molecular weight is 383 g/mol. The lowest BCUT2D eigenvalue weighted by Crippen LogP contribution is -2.06. The lowest BCUT2D eigenvalue weighted by molar-refractivity contribution is 0.324. The Morgan fingerprint density at radius 3 is 2.48 bits per heavy atom. The van der Waals surface area contributed by atoms with E-state index in [1.54, 1.807) is 0 Å². The fourth-order valence-corrected chi connectivity index (χ4v) is 2.46. The SMILES string of the molecule is [2H]c1c(C([2H])([2H])Nc2cc(OC([2H])([2H])[2H])c(OC([2H])([2H])[2H])c(OC([2H])([2H])[2H])c2)c(C)c2c(N)nc(N)nc2c1[2H]. The minimum absolute atomic E-state index is 0.0650. The van der Waals surface area contributed by atoms with Crippen LogP contribution in [0.1, 0.15) is 28.9 Å². The van der Waals surface area contributed by atoms with E-state index in [0.29, 0.717) is 0 Å². The number of fused-ring (bicyclic) bond motifs is 1. The molecule has 0 fully saturated rings. The molecule has 1 heterocycles. The zero-order valence-electron chi connectivity index (χ0n) is 26.9. The van der Waals surface area contributed by atoms with Crippen molar-refractivity contribution in [3.8, 4) is 17.2 Å². The van der Waals surface area contributed by atoms with Crippen molar-refractivity contribution in [1.29, 1.82) is 0 Å². The first-order valence-corrected chi connectivity index (χ1v) is 7.35. The number of anilines is 3. The molecule has 8 heteroatoms. The summed E-state index contributed by atoms with van der Waals surface area (Å²) in [5, 5.41) is 2.45. The smallest absolute Gasteiger partial charge is 0.222 e. The van der Waals surface area contributed by atoms with Crippen LogP contribution in [0.2, 0.25) is 0 Å². The van der Waals surface area contributed by atoms with Gasteiger partial charge in [-0.05, 0) is 24.1 Å². The highest BCUT2D eigenvalue weighted by atomic mass is 16.5. The Labute approximate surface area is 175 Å². The maximum Gasteiger partial charge on any atom is 0.222 e. The van der Waals surface area contributed by atoms with E-state index in [2.05, 4.69) is 15.3 Å². The first-order valence-electron chi connectivity index (χ1n) is 13.9. The summed E-state index contributed by atoms with van der Waals surface area (Å²) in [7, 11) is -9.55. The van der Waals surface area contributed by atoms with Crippen molar-refractivity contribution in [2.24, 2.45) is 0 Å². The minimum Gasteiger partial charge on any atom is -0.493 e. The number of rotatable bonds is 6. The number of aromatic nitrogens is 2. The van der Waals surface area contributed by atoms with Gasteiger partial charge in [-0.1, -0.05) is 6.04 Å². The highest BCUT2D eigenvalue weighted by Crippen LogP contribution is 2.40. The number of nitrogens with two attached hydrogens (primary N) is 2. The van der Waals surface area contributed by atoms with E-state index in [1.807, 2.05) is 0 Å². The summed E-state index contributed by atoms with van der Waals surface area (Å²) in [6, 6.07) is 0.580. The number of aryl methyl sites for hydroxylation is 1. The van der Waals surface area contributed by atoms with Crippen LogP contribution in [0.4, 0.5) is 17.5 Å². The van der Waals surface area contributed by atoms with E-state index >= 15 is 0 Å². The van der Waals surface area contributed by atoms with Crippen LogP contribution >= 0.6 is 0 Å². The molecule has 0 aliphatic heterocycles. The van der Waals surface area contributed by atoms with E-state index in [1.165, 1.54) is 6.92 Å². The molecule has 27 heavy (non-hydrogen) atoms. The molecule has 0 spiro atoms. The first-order chi connectivity index (χ1) is 18.0. The summed E-state index contributed by atoms with van der Waals surface area (Å²) in [5.41, 5.74) is 10.8. The van der Waals surface area contributed by atoms with E-state index < -0.39 is 56.9 Å². The van der Waals surface area contributed by atoms with Crippen LogP contribution < -0.4 is 31.0 Å². The molecular formula is C19H23N5O3. The number of ether oxygens (including phenoxy) is 3. The van der Waals surface area contributed by atoms with Crippen LogP contribution in [0.15, 0.2) is 24.2 Å². The number of hydrogen-bond acceptors (Lipinski definition) is 8. The zero-order valence-corrected chi connectivity index (χ0v) is 13.9. The average Bonchev–Trinajstić information content (AvgIpc) is 2.70. The lowest BCUT2D eigenvalue weighted by atomic mass is 10.0. The lowest BCUT2D eigenvalue weighted by Gasteiger charge is -2.16. The largest absolute Gasteiger partial charge is 0.493 e. The Hall–Kier alpha value is -3.42. The first kappa shape index (κ1) is 8.08. The number of nitrogens with zero attached hydrogens (tertiary/aromatic N) is 2. The summed E-state index contributed by atoms with van der Waals surface area (Å²) in [6.07, 6.45) is 0. The molecule has 0 saturated heterocycles. The summed E-state index contributed by atoms with van der Waals surface area (Å²) >= 11 is 0. The van der Waals surface area contributed by atoms with Gasteiger partial charge in [0, 0.05) is 29.7 Å². The molecule has 0 aliphatic carbocycles. The van der Waals surface area contributed by atoms with Gasteiger partial charge >= 0.3 is 0 Å². The quantitative estimate of drug-likeness (QED) is 0.596. The van der Waals surface area contributed by atoms with Crippen LogP contribution in [-0.4, -0.2) is 31.1 Å². The van der Waals surface area contributed by atoms with Gasteiger partial charge in [0.05, 0.1) is 44.5 Å². The normalized spacial score (nSPS) is 19.7. The molecule has 2 aromatic carbocycles. The second-order valence-electron chi connectivity index (χ2n) is 5.30. The van der Waals surface area contributed by atoms with Crippen LogP contribution in [0, 0.1) is 6.92 Å². The maximum absolute atomic E-state index is 8.69. The van der Waals surface area contributed by atoms with Crippen LogP contribution in [0.5, 0.6) is 17.2 Å². The number of hydrogen-bond donors (Lipinski definition) is 3. The van der Waals surface area contributed by atoms with Crippen molar-refractivity contribution in [1.82, 2.24) is 9.97 Å². The number of nitrogen functional groups attached to an aromatic ring is 2. The highest BCUT2D eigenvalue weighted by Gasteiger charge is 2.14. The summed E-state index contributed by atoms with van der Waals surface area (Å²) in [5.74, 6) is -2.94. The maximum atomic E-state index is 8.69. The Bertz CT molecular complexity index is 1420. The number of methoxy groups -OCH3 is 3. The topological polar surface area (TPSA) is 118 Å². The molecule has 0 atom stereocenters. The van der Waals surface area contributed by atoms with Crippen molar-refractivity contribution in [2.75, 3.05) is 37.9 Å². The fraction of sp³-hybridized carbons (Fsp3) is 0.263. The Balaban J connectivity index is 2.25. The van der Waals surface area contributed by atoms with Gasteiger partial charge in [-0.2, -0.15) is 4.98 Å². The molecule has 0 bridgehead atoms. The van der Waals surface area contributed by atoms with Crippen molar-refractivity contribution in [3.05, 3.63) is 35.3 Å². The molecule has 0 radical (unpaired) electrons. The summed E-state index contributed by atoms with van der Waals surface area (Å²) < 4.78 is 115. The van der Waals surface area contributed by atoms with Crippen molar-refractivity contribution in [3.63, 3.8) is 0 Å². The Morgan fingerprint density at radius 2 is 1.81 bits per heavy atom. The van der Waals surface area contributed by atoms with Gasteiger partial charge in [0.25, 0.3) is 0 Å². The predicted molar refractivity (Wildman–Crippen MR) is 107 cm³/mol. The molecule has 142 valence electrons. The van der Waals surface area contributed by atoms with Gasteiger partial charge in [0.15, 0.2) is 11.5 Å².